The van der Waals surface area contributed by atoms with Gasteiger partial charge in [-0.05, 0) is 48.9 Å². The van der Waals surface area contributed by atoms with E-state index in [4.69, 9.17) is 11.6 Å². The lowest BCUT2D eigenvalue weighted by atomic mass is 10.2. The molecule has 3 rings (SSSR count). The monoisotopic (exact) mass is 457 g/mol. The number of benzene rings is 2. The summed E-state index contributed by atoms with van der Waals surface area (Å²) < 4.78 is 29.0. The molecular formula is C22H20ClN3O4S. The Morgan fingerprint density at radius 2 is 1.77 bits per heavy atom. The highest BCUT2D eigenvalue weighted by atomic mass is 35.5. The van der Waals surface area contributed by atoms with Crippen LogP contribution in [0.4, 0.5) is 11.4 Å². The van der Waals surface area contributed by atoms with Crippen LogP contribution in [0.1, 0.15) is 12.5 Å². The van der Waals surface area contributed by atoms with Crippen molar-refractivity contribution in [3.8, 4) is 0 Å². The van der Waals surface area contributed by atoms with Crippen molar-refractivity contribution in [1.29, 1.82) is 0 Å². The molecule has 160 valence electrons. The first kappa shape index (κ1) is 22.3. The summed E-state index contributed by atoms with van der Waals surface area (Å²) in [5.41, 5.74) is 1.29. The van der Waals surface area contributed by atoms with Gasteiger partial charge < -0.3 is 9.88 Å². The summed E-state index contributed by atoms with van der Waals surface area (Å²) in [6, 6.07) is 15.5. The molecule has 9 heteroatoms. The van der Waals surface area contributed by atoms with Crippen LogP contribution < -0.4 is 15.6 Å². The zero-order valence-electron chi connectivity index (χ0n) is 16.6. The minimum atomic E-state index is -3.80. The van der Waals surface area contributed by atoms with Gasteiger partial charge in [-0.1, -0.05) is 35.9 Å². The Balaban J connectivity index is 1.67. The number of carbonyl (C=O) groups is 1. The molecule has 2 N–H and O–H groups in total. The molecule has 0 saturated carbocycles. The number of para-hydroxylation sites is 1. The van der Waals surface area contributed by atoms with Crippen LogP contribution in [-0.4, -0.2) is 18.9 Å². The minimum absolute atomic E-state index is 0.0656. The summed E-state index contributed by atoms with van der Waals surface area (Å²) in [5, 5.41) is 2.98. The standard InChI is InChI=1S/C22H20ClN3O4S/c1-2-26-15-17(10-14-22(26)28)24-21(27)13-9-16-7-11-18(12-8-16)31(29,30)25-20-6-4-3-5-19(20)23/h3-15,25H,2H2,1H3,(H,24,27). The molecule has 2 aromatic carbocycles. The van der Waals surface area contributed by atoms with Crippen LogP contribution in [0, 0.1) is 0 Å². The molecule has 1 heterocycles. The second kappa shape index (κ2) is 9.63. The lowest BCUT2D eigenvalue weighted by Crippen LogP contribution is -2.19. The smallest absolute Gasteiger partial charge is 0.261 e. The van der Waals surface area contributed by atoms with Gasteiger partial charge in [-0.3, -0.25) is 14.3 Å². The molecule has 0 bridgehead atoms. The Kier molecular flexibility index (Phi) is 6.94. The molecule has 0 atom stereocenters. The molecule has 0 spiro atoms. The Morgan fingerprint density at radius 3 is 2.45 bits per heavy atom. The van der Waals surface area contributed by atoms with Crippen LogP contribution in [0.15, 0.2) is 82.6 Å². The zero-order chi connectivity index (χ0) is 22.4. The third kappa shape index (κ3) is 5.84. The molecule has 0 saturated heterocycles. The van der Waals surface area contributed by atoms with Gasteiger partial charge in [-0.25, -0.2) is 8.42 Å². The van der Waals surface area contributed by atoms with Gasteiger partial charge in [0.25, 0.3) is 15.6 Å². The summed E-state index contributed by atoms with van der Waals surface area (Å²) in [4.78, 5) is 23.8. The second-order valence-corrected chi connectivity index (χ2v) is 8.61. The maximum absolute atomic E-state index is 12.5. The van der Waals surface area contributed by atoms with E-state index in [1.807, 2.05) is 6.92 Å². The van der Waals surface area contributed by atoms with Gasteiger partial charge in [0.1, 0.15) is 0 Å². The van der Waals surface area contributed by atoms with Gasteiger partial charge >= 0.3 is 0 Å². The first-order chi connectivity index (χ1) is 14.8. The van der Waals surface area contributed by atoms with Crippen molar-refractivity contribution in [2.24, 2.45) is 0 Å². The van der Waals surface area contributed by atoms with E-state index in [0.29, 0.717) is 28.5 Å². The molecule has 0 unspecified atom stereocenters. The Hall–Kier alpha value is -3.36. The number of nitrogens with one attached hydrogen (secondary N) is 2. The van der Waals surface area contributed by atoms with Crippen molar-refractivity contribution in [3.63, 3.8) is 0 Å². The number of hydrogen-bond donors (Lipinski definition) is 2. The normalized spacial score (nSPS) is 11.4. The average molecular weight is 458 g/mol. The number of pyridine rings is 1. The summed E-state index contributed by atoms with van der Waals surface area (Å²) >= 11 is 6.01. The number of carbonyl (C=O) groups excluding carboxylic acids is 1. The van der Waals surface area contributed by atoms with E-state index in [1.54, 1.807) is 48.7 Å². The Labute approximate surface area is 185 Å². The molecule has 1 amide bonds. The molecule has 31 heavy (non-hydrogen) atoms. The lowest BCUT2D eigenvalue weighted by Gasteiger charge is -2.09. The number of aromatic nitrogens is 1. The van der Waals surface area contributed by atoms with Crippen molar-refractivity contribution in [2.45, 2.75) is 18.4 Å². The Bertz CT molecular complexity index is 1280. The summed E-state index contributed by atoms with van der Waals surface area (Å²) in [5.74, 6) is -0.376. The number of rotatable bonds is 7. The molecule has 7 nitrogen and oxygen atoms in total. The van der Waals surface area contributed by atoms with E-state index in [2.05, 4.69) is 10.0 Å². The van der Waals surface area contributed by atoms with Gasteiger partial charge in [0.05, 0.1) is 21.3 Å². The highest BCUT2D eigenvalue weighted by Gasteiger charge is 2.15. The number of nitrogens with zero attached hydrogens (tertiary/aromatic N) is 1. The summed E-state index contributed by atoms with van der Waals surface area (Å²) in [7, 11) is -3.80. The zero-order valence-corrected chi connectivity index (χ0v) is 18.2. The third-order valence-electron chi connectivity index (χ3n) is 4.33. The van der Waals surface area contributed by atoms with E-state index in [-0.39, 0.29) is 16.4 Å². The highest BCUT2D eigenvalue weighted by Crippen LogP contribution is 2.24. The number of anilines is 2. The molecule has 0 radical (unpaired) electrons. The van der Waals surface area contributed by atoms with Crippen molar-refractivity contribution < 1.29 is 13.2 Å². The van der Waals surface area contributed by atoms with Gasteiger partial charge in [0, 0.05) is 24.9 Å². The number of aryl methyl sites for hydroxylation is 1. The lowest BCUT2D eigenvalue weighted by molar-refractivity contribution is -0.111. The van der Waals surface area contributed by atoms with Crippen molar-refractivity contribution in [3.05, 3.63) is 93.9 Å². The Morgan fingerprint density at radius 1 is 1.06 bits per heavy atom. The highest BCUT2D eigenvalue weighted by molar-refractivity contribution is 7.92. The number of hydrogen-bond acceptors (Lipinski definition) is 4. The van der Waals surface area contributed by atoms with Crippen LogP contribution >= 0.6 is 11.6 Å². The van der Waals surface area contributed by atoms with Gasteiger partial charge in [0.2, 0.25) is 5.91 Å². The number of amides is 1. The van der Waals surface area contributed by atoms with Gasteiger partial charge in [0.15, 0.2) is 0 Å². The fraction of sp³-hybridized carbons (Fsp3) is 0.0909. The first-order valence-electron chi connectivity index (χ1n) is 9.35. The van der Waals surface area contributed by atoms with Crippen LogP contribution in [0.5, 0.6) is 0 Å². The number of sulfonamides is 1. The van der Waals surface area contributed by atoms with Crippen molar-refractivity contribution >= 4 is 45.0 Å². The molecule has 0 aliphatic carbocycles. The van der Waals surface area contributed by atoms with E-state index in [9.17, 15) is 18.0 Å². The van der Waals surface area contributed by atoms with E-state index >= 15 is 0 Å². The van der Waals surface area contributed by atoms with Crippen molar-refractivity contribution in [1.82, 2.24) is 4.57 Å². The average Bonchev–Trinajstić information content (AvgIpc) is 2.75. The molecule has 0 aliphatic rings. The minimum Gasteiger partial charge on any atom is -0.321 e. The predicted octanol–water partition coefficient (Wildman–Crippen LogP) is 3.97. The van der Waals surface area contributed by atoms with E-state index in [0.717, 1.165) is 0 Å². The molecule has 3 aromatic rings. The van der Waals surface area contributed by atoms with E-state index < -0.39 is 10.0 Å². The third-order valence-corrected chi connectivity index (χ3v) is 6.04. The van der Waals surface area contributed by atoms with Crippen LogP contribution in [0.2, 0.25) is 5.02 Å². The molecule has 0 fully saturated rings. The quantitative estimate of drug-likeness (QED) is 0.524. The van der Waals surface area contributed by atoms with Crippen LogP contribution in [-0.2, 0) is 21.4 Å². The van der Waals surface area contributed by atoms with Gasteiger partial charge in [-0.15, -0.1) is 0 Å². The fourth-order valence-corrected chi connectivity index (χ4v) is 4.03. The predicted molar refractivity (Wildman–Crippen MR) is 123 cm³/mol. The van der Waals surface area contributed by atoms with E-state index in [1.165, 1.54) is 34.9 Å². The summed E-state index contributed by atoms with van der Waals surface area (Å²) in [6.07, 6.45) is 4.45. The van der Waals surface area contributed by atoms with Crippen LogP contribution in [0.25, 0.3) is 6.08 Å². The molecular weight excluding hydrogens is 438 g/mol. The largest absolute Gasteiger partial charge is 0.321 e. The first-order valence-corrected chi connectivity index (χ1v) is 11.2. The molecule has 1 aromatic heterocycles. The van der Waals surface area contributed by atoms with Gasteiger partial charge in [-0.2, -0.15) is 0 Å². The topological polar surface area (TPSA) is 97.3 Å². The summed E-state index contributed by atoms with van der Waals surface area (Å²) in [6.45, 7) is 2.33. The fourth-order valence-electron chi connectivity index (χ4n) is 2.71. The maximum atomic E-state index is 12.5. The van der Waals surface area contributed by atoms with Crippen molar-refractivity contribution in [2.75, 3.05) is 10.0 Å². The number of halogens is 1. The van der Waals surface area contributed by atoms with Crippen LogP contribution in [0.3, 0.4) is 0 Å². The maximum Gasteiger partial charge on any atom is 0.261 e. The molecule has 0 aliphatic heterocycles. The SMILES string of the molecule is CCn1cc(NC(=O)C=Cc2ccc(S(=O)(=O)Nc3ccccc3Cl)cc2)ccc1=O. The second-order valence-electron chi connectivity index (χ2n) is 6.52.